The predicted octanol–water partition coefficient (Wildman–Crippen LogP) is 3.96. The first-order chi connectivity index (χ1) is 9.25. The Labute approximate surface area is 115 Å². The lowest BCUT2D eigenvalue weighted by molar-refractivity contribution is 0.253. The minimum atomic E-state index is 0.599. The highest BCUT2D eigenvalue weighted by Crippen LogP contribution is 2.32. The van der Waals surface area contributed by atoms with E-state index in [9.17, 15) is 0 Å². The van der Waals surface area contributed by atoms with Crippen LogP contribution in [-0.2, 0) is 0 Å². The van der Waals surface area contributed by atoms with Crippen LogP contribution in [-0.4, -0.2) is 15.4 Å². The molecule has 0 saturated heterocycles. The van der Waals surface area contributed by atoms with Gasteiger partial charge in [0, 0.05) is 18.4 Å². The van der Waals surface area contributed by atoms with Gasteiger partial charge in [-0.1, -0.05) is 32.8 Å². The second-order valence-corrected chi connectivity index (χ2v) is 6.01. The number of nitrogens with zero attached hydrogens (tertiary/aromatic N) is 2. The fourth-order valence-electron chi connectivity index (χ4n) is 3.39. The van der Waals surface area contributed by atoms with Gasteiger partial charge in [-0.2, -0.15) is 0 Å². The van der Waals surface area contributed by atoms with Gasteiger partial charge < -0.3 is 5.32 Å². The van der Waals surface area contributed by atoms with E-state index in [2.05, 4.69) is 40.7 Å². The molecule has 102 valence electrons. The molecule has 1 fully saturated rings. The predicted molar refractivity (Wildman–Crippen MR) is 79.4 cm³/mol. The van der Waals surface area contributed by atoms with Crippen molar-refractivity contribution in [3.63, 3.8) is 0 Å². The summed E-state index contributed by atoms with van der Waals surface area (Å²) in [5.74, 6) is 2.71. The van der Waals surface area contributed by atoms with E-state index in [1.807, 2.05) is 18.5 Å². The van der Waals surface area contributed by atoms with E-state index in [4.69, 9.17) is 0 Å². The quantitative estimate of drug-likeness (QED) is 0.901. The van der Waals surface area contributed by atoms with Gasteiger partial charge in [-0.05, 0) is 36.8 Å². The van der Waals surface area contributed by atoms with Crippen molar-refractivity contribution in [2.75, 3.05) is 5.32 Å². The first-order valence-corrected chi connectivity index (χ1v) is 7.44. The van der Waals surface area contributed by atoms with E-state index in [0.717, 1.165) is 17.5 Å². The Morgan fingerprint density at radius 3 is 2.95 bits per heavy atom. The molecule has 1 aliphatic rings. The molecular weight excluding hydrogens is 234 g/mol. The van der Waals surface area contributed by atoms with Crippen LogP contribution in [0.15, 0.2) is 30.6 Å². The minimum Gasteiger partial charge on any atom is -0.368 e. The van der Waals surface area contributed by atoms with Crippen LogP contribution in [0.5, 0.6) is 0 Å². The van der Waals surface area contributed by atoms with Gasteiger partial charge in [0.05, 0.1) is 0 Å². The highest BCUT2D eigenvalue weighted by Gasteiger charge is 2.27. The number of pyridine rings is 1. The van der Waals surface area contributed by atoms with Gasteiger partial charge >= 0.3 is 0 Å². The molecule has 3 nitrogen and oxygen atoms in total. The van der Waals surface area contributed by atoms with Gasteiger partial charge in [0.1, 0.15) is 11.5 Å². The number of aromatic nitrogens is 2. The molecule has 2 aromatic heterocycles. The highest BCUT2D eigenvalue weighted by atomic mass is 15.1. The summed E-state index contributed by atoms with van der Waals surface area (Å²) < 4.78 is 2.14. The topological polar surface area (TPSA) is 29.3 Å². The van der Waals surface area contributed by atoms with Crippen molar-refractivity contribution in [1.29, 1.82) is 0 Å². The third-order valence-corrected chi connectivity index (χ3v) is 4.44. The molecule has 1 N–H and O–H groups in total. The number of nitrogens with one attached hydrogen (secondary N) is 1. The van der Waals surface area contributed by atoms with Crippen molar-refractivity contribution in [3.05, 3.63) is 30.6 Å². The maximum Gasteiger partial charge on any atom is 0.138 e. The summed E-state index contributed by atoms with van der Waals surface area (Å²) in [7, 11) is 0. The number of anilines is 1. The molecule has 19 heavy (non-hydrogen) atoms. The van der Waals surface area contributed by atoms with Crippen molar-refractivity contribution >= 4 is 11.5 Å². The zero-order valence-corrected chi connectivity index (χ0v) is 11.8. The Hall–Kier alpha value is -1.51. The molecule has 0 bridgehead atoms. The molecule has 0 spiro atoms. The Morgan fingerprint density at radius 2 is 2.11 bits per heavy atom. The average molecular weight is 257 g/mol. The van der Waals surface area contributed by atoms with E-state index in [1.165, 1.54) is 31.5 Å². The Kier molecular flexibility index (Phi) is 3.45. The van der Waals surface area contributed by atoms with Crippen molar-refractivity contribution in [1.82, 2.24) is 9.38 Å². The maximum absolute atomic E-state index is 4.35. The van der Waals surface area contributed by atoms with E-state index in [-0.39, 0.29) is 0 Å². The molecule has 1 aliphatic carbocycles. The molecule has 2 aromatic rings. The summed E-state index contributed by atoms with van der Waals surface area (Å²) in [5, 5.41) is 3.76. The summed E-state index contributed by atoms with van der Waals surface area (Å²) in [5.41, 5.74) is 1.02. The summed E-state index contributed by atoms with van der Waals surface area (Å²) in [6.45, 7) is 4.70. The van der Waals surface area contributed by atoms with Crippen LogP contribution in [0.25, 0.3) is 5.65 Å². The lowest BCUT2D eigenvalue weighted by Gasteiger charge is -2.35. The van der Waals surface area contributed by atoms with Gasteiger partial charge in [-0.15, -0.1) is 0 Å². The van der Waals surface area contributed by atoms with Gasteiger partial charge in [0.25, 0.3) is 0 Å². The second kappa shape index (κ2) is 5.24. The van der Waals surface area contributed by atoms with Crippen molar-refractivity contribution in [2.24, 2.45) is 11.8 Å². The van der Waals surface area contributed by atoms with Crippen LogP contribution < -0.4 is 5.32 Å². The SMILES string of the molecule is CC(C)C1CCCCC1Nc1cccc2nccn12. The van der Waals surface area contributed by atoms with Crippen molar-refractivity contribution in [2.45, 2.75) is 45.6 Å². The first-order valence-electron chi connectivity index (χ1n) is 7.44. The minimum absolute atomic E-state index is 0.599. The fourth-order valence-corrected chi connectivity index (χ4v) is 3.39. The van der Waals surface area contributed by atoms with Crippen LogP contribution in [0, 0.1) is 11.8 Å². The standard InChI is InChI=1S/C16H23N3/c1-12(2)13-6-3-4-7-14(13)18-16-9-5-8-15-17-10-11-19(15)16/h5,8-14,18H,3-4,6-7H2,1-2H3. The maximum atomic E-state index is 4.35. The average Bonchev–Trinajstić information content (AvgIpc) is 2.88. The fraction of sp³-hybridized carbons (Fsp3) is 0.562. The second-order valence-electron chi connectivity index (χ2n) is 6.01. The van der Waals surface area contributed by atoms with Crippen LogP contribution >= 0.6 is 0 Å². The van der Waals surface area contributed by atoms with Crippen LogP contribution in [0.4, 0.5) is 5.82 Å². The van der Waals surface area contributed by atoms with Gasteiger partial charge in [-0.25, -0.2) is 4.98 Å². The van der Waals surface area contributed by atoms with E-state index in [1.54, 1.807) is 0 Å². The van der Waals surface area contributed by atoms with Gasteiger partial charge in [0.2, 0.25) is 0 Å². The first kappa shape index (κ1) is 12.5. The third-order valence-electron chi connectivity index (χ3n) is 4.44. The molecule has 2 heterocycles. The molecule has 2 unspecified atom stereocenters. The van der Waals surface area contributed by atoms with E-state index < -0.39 is 0 Å². The Balaban J connectivity index is 1.85. The molecule has 3 heteroatoms. The molecule has 1 saturated carbocycles. The van der Waals surface area contributed by atoms with Gasteiger partial charge in [-0.3, -0.25) is 4.40 Å². The summed E-state index contributed by atoms with van der Waals surface area (Å²) >= 11 is 0. The molecule has 0 aromatic carbocycles. The smallest absolute Gasteiger partial charge is 0.138 e. The molecule has 0 amide bonds. The summed E-state index contributed by atoms with van der Waals surface area (Å²) in [4.78, 5) is 4.35. The van der Waals surface area contributed by atoms with Crippen LogP contribution in [0.3, 0.4) is 0 Å². The monoisotopic (exact) mass is 257 g/mol. The lowest BCUT2D eigenvalue weighted by Crippen LogP contribution is -2.35. The molecule has 2 atom stereocenters. The third kappa shape index (κ3) is 2.46. The van der Waals surface area contributed by atoms with Crippen LogP contribution in [0.2, 0.25) is 0 Å². The normalized spacial score (nSPS) is 23.9. The molecular formula is C16H23N3. The number of fused-ring (bicyclic) bond motifs is 1. The van der Waals surface area contributed by atoms with Crippen LogP contribution in [0.1, 0.15) is 39.5 Å². The Morgan fingerprint density at radius 1 is 1.26 bits per heavy atom. The number of imidazole rings is 1. The van der Waals surface area contributed by atoms with Crippen molar-refractivity contribution < 1.29 is 0 Å². The number of hydrogen-bond acceptors (Lipinski definition) is 2. The number of rotatable bonds is 3. The zero-order chi connectivity index (χ0) is 13.2. The largest absolute Gasteiger partial charge is 0.368 e. The summed E-state index contributed by atoms with van der Waals surface area (Å²) in [6, 6.07) is 6.88. The van der Waals surface area contributed by atoms with E-state index >= 15 is 0 Å². The van der Waals surface area contributed by atoms with Crippen molar-refractivity contribution in [3.8, 4) is 0 Å². The molecule has 0 radical (unpaired) electrons. The van der Waals surface area contributed by atoms with Gasteiger partial charge in [0.15, 0.2) is 0 Å². The summed E-state index contributed by atoms with van der Waals surface area (Å²) in [6.07, 6.45) is 9.27. The van der Waals surface area contributed by atoms with E-state index in [0.29, 0.717) is 6.04 Å². The number of hydrogen-bond donors (Lipinski definition) is 1. The molecule has 0 aliphatic heterocycles. The Bertz CT molecular complexity index is 544. The molecule has 3 rings (SSSR count). The lowest BCUT2D eigenvalue weighted by atomic mass is 9.78. The highest BCUT2D eigenvalue weighted by molar-refractivity contribution is 5.50. The zero-order valence-electron chi connectivity index (χ0n) is 11.8.